The van der Waals surface area contributed by atoms with E-state index in [1.54, 1.807) is 0 Å². The van der Waals surface area contributed by atoms with Crippen molar-refractivity contribution in [3.63, 3.8) is 0 Å². The van der Waals surface area contributed by atoms with Gasteiger partial charge in [0.2, 0.25) is 0 Å². The third-order valence-electron chi connectivity index (χ3n) is 3.26. The van der Waals surface area contributed by atoms with E-state index in [4.69, 9.17) is 9.47 Å². The minimum atomic E-state index is -0.360. The lowest BCUT2D eigenvalue weighted by Gasteiger charge is -2.14. The third-order valence-corrected chi connectivity index (χ3v) is 3.26. The van der Waals surface area contributed by atoms with Crippen LogP contribution < -0.4 is 0 Å². The second-order valence-electron chi connectivity index (χ2n) is 4.20. The Hall–Kier alpha value is -1.12. The molecule has 15 heavy (non-hydrogen) atoms. The summed E-state index contributed by atoms with van der Waals surface area (Å²) in [6.45, 7) is 5.10. The minimum absolute atomic E-state index is 0.360. The lowest BCUT2D eigenvalue weighted by molar-refractivity contribution is -0.180. The van der Waals surface area contributed by atoms with Crippen LogP contribution in [0.25, 0.3) is 0 Å². The minimum Gasteiger partial charge on any atom is -0.345 e. The number of hydrogen-bond acceptors (Lipinski definition) is 2. The van der Waals surface area contributed by atoms with Crippen LogP contribution in [-0.2, 0) is 22.7 Å². The van der Waals surface area contributed by atoms with Gasteiger partial charge in [-0.1, -0.05) is 30.3 Å². The van der Waals surface area contributed by atoms with Crippen LogP contribution in [0, 0.1) is 5.92 Å². The van der Waals surface area contributed by atoms with E-state index in [2.05, 4.69) is 18.7 Å². The van der Waals surface area contributed by atoms with Crippen LogP contribution in [0.15, 0.2) is 36.9 Å². The Bertz CT molecular complexity index is 370. The van der Waals surface area contributed by atoms with Gasteiger partial charge in [0.25, 0.3) is 0 Å². The first-order valence-electron chi connectivity index (χ1n) is 5.31. The molecule has 2 nitrogen and oxygen atoms in total. The summed E-state index contributed by atoms with van der Waals surface area (Å²) in [6, 6.07) is 8.28. The predicted octanol–water partition coefficient (Wildman–Crippen LogP) is 2.64. The molecule has 78 valence electrons. The summed E-state index contributed by atoms with van der Waals surface area (Å²) < 4.78 is 11.7. The highest BCUT2D eigenvalue weighted by molar-refractivity contribution is 5.27. The Morgan fingerprint density at radius 1 is 1.20 bits per heavy atom. The number of hydrogen-bond donors (Lipinski definition) is 0. The number of ether oxygens (including phenoxy) is 2. The normalized spacial score (nSPS) is 26.8. The van der Waals surface area contributed by atoms with Gasteiger partial charge < -0.3 is 9.47 Å². The van der Waals surface area contributed by atoms with Crippen molar-refractivity contribution < 1.29 is 9.47 Å². The Morgan fingerprint density at radius 2 is 1.80 bits per heavy atom. The van der Waals surface area contributed by atoms with Crippen LogP contribution in [0.1, 0.15) is 17.5 Å². The van der Waals surface area contributed by atoms with Gasteiger partial charge in [-0.2, -0.15) is 0 Å². The van der Waals surface area contributed by atoms with Crippen molar-refractivity contribution in [2.45, 2.75) is 25.4 Å². The fraction of sp³-hybridized carbons (Fsp3) is 0.385. The average Bonchev–Trinajstić information content (AvgIpc) is 3.02. The number of fused-ring (bicyclic) bond motifs is 1. The molecule has 1 heterocycles. The maximum Gasteiger partial charge on any atom is 0.176 e. The van der Waals surface area contributed by atoms with E-state index >= 15 is 0 Å². The first kappa shape index (κ1) is 9.13. The van der Waals surface area contributed by atoms with Gasteiger partial charge in [0.15, 0.2) is 5.79 Å². The van der Waals surface area contributed by atoms with Crippen LogP contribution in [-0.4, -0.2) is 5.79 Å². The van der Waals surface area contributed by atoms with Gasteiger partial charge in [-0.3, -0.25) is 0 Å². The molecule has 1 aliphatic heterocycles. The molecule has 1 aromatic rings. The molecule has 0 amide bonds. The second kappa shape index (κ2) is 3.19. The zero-order valence-corrected chi connectivity index (χ0v) is 8.61. The monoisotopic (exact) mass is 202 g/mol. The zero-order valence-electron chi connectivity index (χ0n) is 8.61. The van der Waals surface area contributed by atoms with E-state index in [1.807, 2.05) is 18.2 Å². The Labute approximate surface area is 89.5 Å². The summed E-state index contributed by atoms with van der Waals surface area (Å²) in [6.07, 6.45) is 2.88. The van der Waals surface area contributed by atoms with Crippen molar-refractivity contribution in [2.24, 2.45) is 5.92 Å². The summed E-state index contributed by atoms with van der Waals surface area (Å²) in [4.78, 5) is 0. The molecule has 1 unspecified atom stereocenters. The molecule has 1 saturated carbocycles. The summed E-state index contributed by atoms with van der Waals surface area (Å²) in [5.74, 6) is 0.00707. The summed E-state index contributed by atoms with van der Waals surface area (Å²) in [5.41, 5.74) is 2.48. The first-order chi connectivity index (χ1) is 7.34. The predicted molar refractivity (Wildman–Crippen MR) is 57.1 cm³/mol. The highest BCUT2D eigenvalue weighted by Gasteiger charge is 2.56. The SMILES string of the molecule is C=CC1CC12OCc1ccccc1CO2. The first-order valence-corrected chi connectivity index (χ1v) is 5.31. The number of rotatable bonds is 1. The maximum absolute atomic E-state index is 5.84. The van der Waals surface area contributed by atoms with Gasteiger partial charge in [0.1, 0.15) is 0 Å². The quantitative estimate of drug-likeness (QED) is 0.652. The lowest BCUT2D eigenvalue weighted by Crippen LogP contribution is -2.18. The van der Waals surface area contributed by atoms with Crippen molar-refractivity contribution in [2.75, 3.05) is 0 Å². The topological polar surface area (TPSA) is 18.5 Å². The summed E-state index contributed by atoms with van der Waals surface area (Å²) in [7, 11) is 0. The van der Waals surface area contributed by atoms with Gasteiger partial charge in [0.05, 0.1) is 13.2 Å². The van der Waals surface area contributed by atoms with Gasteiger partial charge in [-0.15, -0.1) is 6.58 Å². The van der Waals surface area contributed by atoms with E-state index in [-0.39, 0.29) is 5.79 Å². The van der Waals surface area contributed by atoms with Gasteiger partial charge in [-0.05, 0) is 11.1 Å². The third kappa shape index (κ3) is 1.41. The van der Waals surface area contributed by atoms with Crippen LogP contribution in [0.5, 0.6) is 0 Å². The molecule has 0 bridgehead atoms. The molecule has 3 rings (SSSR count). The Kier molecular flexibility index (Phi) is 1.94. The van der Waals surface area contributed by atoms with E-state index < -0.39 is 0 Å². The van der Waals surface area contributed by atoms with Gasteiger partial charge in [0, 0.05) is 12.3 Å². The fourth-order valence-electron chi connectivity index (χ4n) is 2.12. The molecule has 0 radical (unpaired) electrons. The average molecular weight is 202 g/mol. The molecular weight excluding hydrogens is 188 g/mol. The van der Waals surface area contributed by atoms with E-state index in [1.165, 1.54) is 11.1 Å². The standard InChI is InChI=1S/C13H14O2/c1-2-12-7-13(12)14-8-10-5-3-4-6-11(10)9-15-13/h2-6,12H,1,7-9H2. The Morgan fingerprint density at radius 3 is 2.27 bits per heavy atom. The highest BCUT2D eigenvalue weighted by Crippen LogP contribution is 2.50. The molecule has 1 aromatic carbocycles. The number of benzene rings is 1. The van der Waals surface area contributed by atoms with Crippen molar-refractivity contribution >= 4 is 0 Å². The largest absolute Gasteiger partial charge is 0.345 e. The van der Waals surface area contributed by atoms with Crippen molar-refractivity contribution in [3.05, 3.63) is 48.0 Å². The van der Waals surface area contributed by atoms with E-state index in [9.17, 15) is 0 Å². The molecule has 1 atom stereocenters. The maximum atomic E-state index is 5.84. The zero-order chi connectivity index (χ0) is 10.3. The lowest BCUT2D eigenvalue weighted by atomic mass is 10.1. The molecule has 0 N–H and O–H groups in total. The van der Waals surface area contributed by atoms with Gasteiger partial charge >= 0.3 is 0 Å². The molecular formula is C13H14O2. The van der Waals surface area contributed by atoms with Crippen molar-refractivity contribution in [3.8, 4) is 0 Å². The molecule has 1 aliphatic carbocycles. The van der Waals surface area contributed by atoms with Crippen molar-refractivity contribution in [1.29, 1.82) is 0 Å². The molecule has 0 saturated heterocycles. The van der Waals surface area contributed by atoms with E-state index in [0.717, 1.165) is 6.42 Å². The van der Waals surface area contributed by atoms with Crippen LogP contribution in [0.4, 0.5) is 0 Å². The second-order valence-corrected chi connectivity index (χ2v) is 4.20. The highest BCUT2D eigenvalue weighted by atomic mass is 16.7. The summed E-state index contributed by atoms with van der Waals surface area (Å²) >= 11 is 0. The fourth-order valence-corrected chi connectivity index (χ4v) is 2.12. The Balaban J connectivity index is 1.84. The van der Waals surface area contributed by atoms with E-state index in [0.29, 0.717) is 19.1 Å². The molecule has 1 fully saturated rings. The molecule has 1 spiro atoms. The van der Waals surface area contributed by atoms with Gasteiger partial charge in [-0.25, -0.2) is 0 Å². The van der Waals surface area contributed by atoms with Crippen LogP contribution in [0.2, 0.25) is 0 Å². The van der Waals surface area contributed by atoms with Crippen LogP contribution in [0.3, 0.4) is 0 Å². The van der Waals surface area contributed by atoms with Crippen molar-refractivity contribution in [1.82, 2.24) is 0 Å². The van der Waals surface area contributed by atoms with Crippen LogP contribution >= 0.6 is 0 Å². The molecule has 2 aliphatic rings. The smallest absolute Gasteiger partial charge is 0.176 e. The molecule has 0 aromatic heterocycles. The molecule has 2 heteroatoms. The summed E-state index contributed by atoms with van der Waals surface area (Å²) in [5, 5.41) is 0.